The molecule has 0 saturated heterocycles. The van der Waals surface area contributed by atoms with Crippen molar-refractivity contribution in [2.75, 3.05) is 0 Å². The van der Waals surface area contributed by atoms with Crippen LogP contribution in [0.4, 0.5) is 0 Å². The molecule has 1 aromatic carbocycles. The number of hydrogen-bond donors (Lipinski definition) is 0. The van der Waals surface area contributed by atoms with Crippen molar-refractivity contribution in [3.05, 3.63) is 35.9 Å². The van der Waals surface area contributed by atoms with Crippen LogP contribution in [0.5, 0.6) is 0 Å². The van der Waals surface area contributed by atoms with Crippen LogP contribution < -0.4 is 0 Å². The minimum atomic E-state index is -0.171. The van der Waals surface area contributed by atoms with E-state index in [1.807, 2.05) is 30.3 Å². The summed E-state index contributed by atoms with van der Waals surface area (Å²) >= 11 is 12.0. The molecule has 1 nitrogen and oxygen atoms in total. The fraction of sp³-hybridized carbons (Fsp3) is 0.364. The van der Waals surface area contributed by atoms with Gasteiger partial charge in [-0.05, 0) is 12.0 Å². The lowest BCUT2D eigenvalue weighted by atomic mass is 10.1. The van der Waals surface area contributed by atoms with Crippen LogP contribution in [0.3, 0.4) is 0 Å². The number of aldehydes is 1. The molecule has 14 heavy (non-hydrogen) atoms. The smallest absolute Gasteiger partial charge is 0.121 e. The number of hydrogen-bond acceptors (Lipinski definition) is 1. The van der Waals surface area contributed by atoms with Crippen molar-refractivity contribution in [3.8, 4) is 0 Å². The lowest BCUT2D eigenvalue weighted by Gasteiger charge is -2.12. The topological polar surface area (TPSA) is 17.1 Å². The third-order valence-electron chi connectivity index (χ3n) is 1.98. The van der Waals surface area contributed by atoms with E-state index in [0.29, 0.717) is 12.8 Å². The van der Waals surface area contributed by atoms with Gasteiger partial charge < -0.3 is 4.79 Å². The number of halogens is 2. The van der Waals surface area contributed by atoms with Crippen molar-refractivity contribution >= 4 is 29.5 Å². The summed E-state index contributed by atoms with van der Waals surface area (Å²) in [5.74, 6) is 0. The fourth-order valence-corrected chi connectivity index (χ4v) is 1.93. The molecule has 2 atom stereocenters. The van der Waals surface area contributed by atoms with Crippen molar-refractivity contribution in [2.45, 2.75) is 23.6 Å². The maximum Gasteiger partial charge on any atom is 0.121 e. The van der Waals surface area contributed by atoms with Crippen LogP contribution in [0.25, 0.3) is 0 Å². The third kappa shape index (κ3) is 3.69. The third-order valence-corrected chi connectivity index (χ3v) is 2.76. The lowest BCUT2D eigenvalue weighted by Crippen LogP contribution is -2.03. The monoisotopic (exact) mass is 230 g/mol. The highest BCUT2D eigenvalue weighted by Crippen LogP contribution is 2.27. The highest BCUT2D eigenvalue weighted by atomic mass is 35.5. The van der Waals surface area contributed by atoms with Gasteiger partial charge in [-0.25, -0.2) is 0 Å². The highest BCUT2D eigenvalue weighted by Gasteiger charge is 2.13. The van der Waals surface area contributed by atoms with Gasteiger partial charge in [-0.3, -0.25) is 0 Å². The predicted octanol–water partition coefficient (Wildman–Crippen LogP) is 3.55. The minimum Gasteiger partial charge on any atom is -0.303 e. The Bertz CT molecular complexity index is 274. The zero-order valence-electron chi connectivity index (χ0n) is 7.70. The first-order chi connectivity index (χ1) is 6.74. The molecule has 0 bridgehead atoms. The molecule has 0 aliphatic heterocycles. The van der Waals surface area contributed by atoms with E-state index in [2.05, 4.69) is 0 Å². The fourth-order valence-electron chi connectivity index (χ4n) is 1.22. The van der Waals surface area contributed by atoms with Gasteiger partial charge >= 0.3 is 0 Å². The Balaban J connectivity index is 2.50. The SMILES string of the molecule is O=CCC(Cl)CC(Cl)c1ccccc1. The summed E-state index contributed by atoms with van der Waals surface area (Å²) in [6.45, 7) is 0. The van der Waals surface area contributed by atoms with Crippen LogP contribution in [0.1, 0.15) is 23.8 Å². The van der Waals surface area contributed by atoms with Gasteiger partial charge in [0.1, 0.15) is 6.29 Å². The van der Waals surface area contributed by atoms with E-state index in [0.717, 1.165) is 11.8 Å². The van der Waals surface area contributed by atoms with Gasteiger partial charge in [0, 0.05) is 11.8 Å². The summed E-state index contributed by atoms with van der Waals surface area (Å²) in [5, 5.41) is -0.283. The van der Waals surface area contributed by atoms with Gasteiger partial charge in [0.2, 0.25) is 0 Å². The van der Waals surface area contributed by atoms with E-state index < -0.39 is 0 Å². The number of alkyl halides is 2. The van der Waals surface area contributed by atoms with Gasteiger partial charge in [-0.1, -0.05) is 30.3 Å². The van der Waals surface area contributed by atoms with Crippen LogP contribution in [-0.4, -0.2) is 11.7 Å². The second kappa shape index (κ2) is 6.05. The molecule has 0 spiro atoms. The normalized spacial score (nSPS) is 14.7. The van der Waals surface area contributed by atoms with Crippen molar-refractivity contribution in [3.63, 3.8) is 0 Å². The summed E-state index contributed by atoms with van der Waals surface area (Å²) in [6.07, 6.45) is 1.80. The van der Waals surface area contributed by atoms with Gasteiger partial charge in [0.15, 0.2) is 0 Å². The molecule has 76 valence electrons. The zero-order valence-corrected chi connectivity index (χ0v) is 9.21. The molecular formula is C11H12Cl2O. The molecule has 0 radical (unpaired) electrons. The molecule has 0 fully saturated rings. The Morgan fingerprint density at radius 1 is 1.21 bits per heavy atom. The molecule has 2 unspecified atom stereocenters. The predicted molar refractivity (Wildman–Crippen MR) is 60.0 cm³/mol. The Kier molecular flexibility index (Phi) is 4.99. The van der Waals surface area contributed by atoms with Crippen LogP contribution in [-0.2, 0) is 4.79 Å². The number of carbonyl (C=O) groups is 1. The molecule has 0 heterocycles. The van der Waals surface area contributed by atoms with E-state index in [1.54, 1.807) is 0 Å². The summed E-state index contributed by atoms with van der Waals surface area (Å²) in [7, 11) is 0. The largest absolute Gasteiger partial charge is 0.303 e. The molecule has 0 aliphatic rings. The summed E-state index contributed by atoms with van der Waals surface area (Å²) < 4.78 is 0. The first-order valence-electron chi connectivity index (χ1n) is 4.50. The average molecular weight is 231 g/mol. The van der Waals surface area contributed by atoms with Crippen molar-refractivity contribution in [1.29, 1.82) is 0 Å². The lowest BCUT2D eigenvalue weighted by molar-refractivity contribution is -0.107. The van der Waals surface area contributed by atoms with Gasteiger partial charge in [-0.2, -0.15) is 0 Å². The Morgan fingerprint density at radius 3 is 2.43 bits per heavy atom. The van der Waals surface area contributed by atoms with E-state index in [4.69, 9.17) is 23.2 Å². The van der Waals surface area contributed by atoms with Gasteiger partial charge in [0.25, 0.3) is 0 Å². The van der Waals surface area contributed by atoms with Crippen molar-refractivity contribution < 1.29 is 4.79 Å². The van der Waals surface area contributed by atoms with E-state index in [-0.39, 0.29) is 10.8 Å². The second-order valence-electron chi connectivity index (χ2n) is 3.11. The van der Waals surface area contributed by atoms with E-state index in [1.165, 1.54) is 0 Å². The van der Waals surface area contributed by atoms with Crippen molar-refractivity contribution in [1.82, 2.24) is 0 Å². The number of carbonyl (C=O) groups excluding carboxylic acids is 1. The Morgan fingerprint density at radius 2 is 1.86 bits per heavy atom. The van der Waals surface area contributed by atoms with Crippen LogP contribution in [0.15, 0.2) is 30.3 Å². The second-order valence-corrected chi connectivity index (χ2v) is 4.26. The molecule has 0 aliphatic carbocycles. The minimum absolute atomic E-state index is 0.112. The number of benzene rings is 1. The Hall–Kier alpha value is -0.530. The molecule has 1 rings (SSSR count). The van der Waals surface area contributed by atoms with Crippen LogP contribution in [0.2, 0.25) is 0 Å². The molecule has 1 aromatic rings. The summed E-state index contributed by atoms with van der Waals surface area (Å²) in [4.78, 5) is 10.2. The van der Waals surface area contributed by atoms with E-state index in [9.17, 15) is 4.79 Å². The van der Waals surface area contributed by atoms with Gasteiger partial charge in [0.05, 0.1) is 5.38 Å². The summed E-state index contributed by atoms with van der Waals surface area (Å²) in [6, 6.07) is 9.74. The zero-order chi connectivity index (χ0) is 10.4. The first kappa shape index (κ1) is 11.5. The standard InChI is InChI=1S/C11H12Cl2O/c12-10(6-7-14)8-11(13)9-4-2-1-3-5-9/h1-5,7,10-11H,6,8H2. The maximum absolute atomic E-state index is 10.2. The molecular weight excluding hydrogens is 219 g/mol. The summed E-state index contributed by atoms with van der Waals surface area (Å²) in [5.41, 5.74) is 1.05. The molecule has 0 saturated carbocycles. The number of rotatable bonds is 5. The van der Waals surface area contributed by atoms with E-state index >= 15 is 0 Å². The maximum atomic E-state index is 10.2. The molecule has 3 heteroatoms. The Labute approximate surface area is 94.0 Å². The van der Waals surface area contributed by atoms with Crippen LogP contribution in [0, 0.1) is 0 Å². The molecule has 0 aromatic heterocycles. The quantitative estimate of drug-likeness (QED) is 0.559. The molecule has 0 N–H and O–H groups in total. The van der Waals surface area contributed by atoms with Crippen molar-refractivity contribution in [2.24, 2.45) is 0 Å². The molecule has 0 amide bonds. The average Bonchev–Trinajstić information content (AvgIpc) is 2.19. The highest BCUT2D eigenvalue weighted by molar-refractivity contribution is 6.24. The first-order valence-corrected chi connectivity index (χ1v) is 5.38. The van der Waals surface area contributed by atoms with Gasteiger partial charge in [-0.15, -0.1) is 23.2 Å². The van der Waals surface area contributed by atoms with Crippen LogP contribution >= 0.6 is 23.2 Å².